The van der Waals surface area contributed by atoms with E-state index in [2.05, 4.69) is 23.3 Å². The molecule has 0 aliphatic rings. The number of thiophene rings is 1. The number of halogens is 1. The molecule has 3 nitrogen and oxygen atoms in total. The van der Waals surface area contributed by atoms with Crippen molar-refractivity contribution in [2.24, 2.45) is 7.05 Å². The number of nitrogens with one attached hydrogen (secondary N) is 1. The lowest BCUT2D eigenvalue weighted by Gasteiger charge is -2.16. The zero-order valence-electron chi connectivity index (χ0n) is 9.27. The van der Waals surface area contributed by atoms with E-state index in [1.165, 1.54) is 4.88 Å². The molecule has 0 saturated heterocycles. The molecule has 0 fully saturated rings. The second-order valence-electron chi connectivity index (χ2n) is 3.56. The van der Waals surface area contributed by atoms with Gasteiger partial charge in [0.25, 0.3) is 0 Å². The molecule has 0 aliphatic carbocycles. The molecule has 0 spiro atoms. The van der Waals surface area contributed by atoms with Crippen LogP contribution in [0.2, 0.25) is 4.34 Å². The fraction of sp³-hybridized carbons (Fsp3) is 0.364. The van der Waals surface area contributed by atoms with E-state index >= 15 is 0 Å². The first-order chi connectivity index (χ1) is 7.72. The fourth-order valence-electron chi connectivity index (χ4n) is 1.68. The van der Waals surface area contributed by atoms with Crippen molar-refractivity contribution in [1.29, 1.82) is 0 Å². The van der Waals surface area contributed by atoms with Crippen molar-refractivity contribution >= 4 is 22.9 Å². The van der Waals surface area contributed by atoms with E-state index in [1.54, 1.807) is 11.3 Å². The Morgan fingerprint density at radius 3 is 2.88 bits per heavy atom. The van der Waals surface area contributed by atoms with Crippen LogP contribution in [-0.4, -0.2) is 16.1 Å². The van der Waals surface area contributed by atoms with Gasteiger partial charge in [0, 0.05) is 11.9 Å². The second kappa shape index (κ2) is 4.99. The van der Waals surface area contributed by atoms with Gasteiger partial charge in [-0.25, -0.2) is 4.98 Å². The molecule has 0 radical (unpaired) electrons. The standard InChI is InChI=1S/C11H14ClN3S/c1-3-14-11(8-6-13-7-15(8)2)9-4-5-10(12)16-9/h4-7,11,14H,3H2,1-2H3. The maximum Gasteiger partial charge on any atom is 0.0946 e. The summed E-state index contributed by atoms with van der Waals surface area (Å²) in [6.07, 6.45) is 3.70. The largest absolute Gasteiger partial charge is 0.336 e. The van der Waals surface area contributed by atoms with Gasteiger partial charge in [-0.15, -0.1) is 11.3 Å². The molecule has 0 bridgehead atoms. The zero-order chi connectivity index (χ0) is 11.5. The molecular weight excluding hydrogens is 242 g/mol. The summed E-state index contributed by atoms with van der Waals surface area (Å²) < 4.78 is 2.85. The van der Waals surface area contributed by atoms with Crippen LogP contribution in [0.4, 0.5) is 0 Å². The summed E-state index contributed by atoms with van der Waals surface area (Å²) in [6, 6.07) is 4.17. The summed E-state index contributed by atoms with van der Waals surface area (Å²) in [7, 11) is 2.00. The smallest absolute Gasteiger partial charge is 0.0946 e. The second-order valence-corrected chi connectivity index (χ2v) is 5.31. The zero-order valence-corrected chi connectivity index (χ0v) is 10.8. The van der Waals surface area contributed by atoms with Gasteiger partial charge in [0.15, 0.2) is 0 Å². The van der Waals surface area contributed by atoms with E-state index in [0.29, 0.717) is 0 Å². The molecule has 86 valence electrons. The number of hydrogen-bond acceptors (Lipinski definition) is 3. The van der Waals surface area contributed by atoms with Crippen molar-refractivity contribution in [3.63, 3.8) is 0 Å². The number of nitrogens with zero attached hydrogens (tertiary/aromatic N) is 2. The molecule has 1 N–H and O–H groups in total. The fourth-order valence-corrected chi connectivity index (χ4v) is 2.83. The number of aryl methyl sites for hydroxylation is 1. The van der Waals surface area contributed by atoms with E-state index < -0.39 is 0 Å². The predicted octanol–water partition coefficient (Wildman–Crippen LogP) is 2.83. The van der Waals surface area contributed by atoms with Gasteiger partial charge in [-0.05, 0) is 18.7 Å². The third kappa shape index (κ3) is 2.29. The number of rotatable bonds is 4. The van der Waals surface area contributed by atoms with Gasteiger partial charge in [-0.2, -0.15) is 0 Å². The Hall–Kier alpha value is -0.840. The quantitative estimate of drug-likeness (QED) is 0.911. The summed E-state index contributed by atoms with van der Waals surface area (Å²) in [6.45, 7) is 3.00. The number of imidazole rings is 1. The maximum absolute atomic E-state index is 5.97. The van der Waals surface area contributed by atoms with Gasteiger partial charge in [-0.3, -0.25) is 0 Å². The minimum atomic E-state index is 0.176. The van der Waals surface area contributed by atoms with Crippen LogP contribution < -0.4 is 5.32 Å². The normalized spacial score (nSPS) is 12.9. The number of hydrogen-bond donors (Lipinski definition) is 1. The SMILES string of the molecule is CCNC(c1ccc(Cl)s1)c1cncn1C. The van der Waals surface area contributed by atoms with E-state index in [1.807, 2.05) is 30.2 Å². The minimum absolute atomic E-state index is 0.176. The topological polar surface area (TPSA) is 29.9 Å². The molecule has 5 heteroatoms. The first-order valence-corrected chi connectivity index (χ1v) is 6.36. The Morgan fingerprint density at radius 2 is 2.38 bits per heavy atom. The summed E-state index contributed by atoms with van der Waals surface area (Å²) >= 11 is 7.58. The van der Waals surface area contributed by atoms with Crippen molar-refractivity contribution in [2.45, 2.75) is 13.0 Å². The van der Waals surface area contributed by atoms with E-state index in [0.717, 1.165) is 16.6 Å². The molecule has 1 unspecified atom stereocenters. The van der Waals surface area contributed by atoms with Gasteiger partial charge in [-0.1, -0.05) is 18.5 Å². The highest BCUT2D eigenvalue weighted by Gasteiger charge is 2.17. The van der Waals surface area contributed by atoms with Crippen LogP contribution in [-0.2, 0) is 7.05 Å². The van der Waals surface area contributed by atoms with Crippen molar-refractivity contribution in [1.82, 2.24) is 14.9 Å². The lowest BCUT2D eigenvalue weighted by Crippen LogP contribution is -2.23. The molecule has 16 heavy (non-hydrogen) atoms. The molecule has 2 rings (SSSR count). The first-order valence-electron chi connectivity index (χ1n) is 5.17. The molecule has 0 saturated carbocycles. The summed E-state index contributed by atoms with van der Waals surface area (Å²) in [4.78, 5) is 5.37. The van der Waals surface area contributed by atoms with E-state index in [9.17, 15) is 0 Å². The summed E-state index contributed by atoms with van der Waals surface area (Å²) in [5, 5.41) is 3.45. The molecule has 2 aromatic rings. The highest BCUT2D eigenvalue weighted by atomic mass is 35.5. The lowest BCUT2D eigenvalue weighted by molar-refractivity contribution is 0.601. The average molecular weight is 256 g/mol. The van der Waals surface area contributed by atoms with Crippen LogP contribution in [0.25, 0.3) is 0 Å². The minimum Gasteiger partial charge on any atom is -0.336 e. The Bertz CT molecular complexity index is 463. The predicted molar refractivity (Wildman–Crippen MR) is 68.1 cm³/mol. The van der Waals surface area contributed by atoms with Crippen LogP contribution >= 0.6 is 22.9 Å². The average Bonchev–Trinajstić information content (AvgIpc) is 2.84. The van der Waals surface area contributed by atoms with E-state index in [4.69, 9.17) is 11.6 Å². The highest BCUT2D eigenvalue weighted by Crippen LogP contribution is 2.30. The third-order valence-electron chi connectivity index (χ3n) is 2.44. The van der Waals surface area contributed by atoms with E-state index in [-0.39, 0.29) is 6.04 Å². The van der Waals surface area contributed by atoms with Gasteiger partial charge in [0.05, 0.1) is 28.6 Å². The van der Waals surface area contributed by atoms with Crippen molar-refractivity contribution in [3.8, 4) is 0 Å². The van der Waals surface area contributed by atoms with Crippen molar-refractivity contribution in [3.05, 3.63) is 39.6 Å². The van der Waals surface area contributed by atoms with Gasteiger partial charge in [0.1, 0.15) is 0 Å². The Kier molecular flexibility index (Phi) is 3.63. The highest BCUT2D eigenvalue weighted by molar-refractivity contribution is 7.16. The van der Waals surface area contributed by atoms with Gasteiger partial charge >= 0.3 is 0 Å². The van der Waals surface area contributed by atoms with Crippen LogP contribution in [0.3, 0.4) is 0 Å². The molecule has 1 atom stereocenters. The monoisotopic (exact) mass is 255 g/mol. The molecular formula is C11H14ClN3S. The van der Waals surface area contributed by atoms with Crippen LogP contribution in [0.15, 0.2) is 24.7 Å². The van der Waals surface area contributed by atoms with Crippen LogP contribution in [0.1, 0.15) is 23.5 Å². The molecule has 2 heterocycles. The molecule has 0 aromatic carbocycles. The maximum atomic E-state index is 5.97. The van der Waals surface area contributed by atoms with Gasteiger partial charge in [0.2, 0.25) is 0 Å². The molecule has 0 aliphatic heterocycles. The van der Waals surface area contributed by atoms with Crippen molar-refractivity contribution in [2.75, 3.05) is 6.54 Å². The number of aromatic nitrogens is 2. The molecule has 2 aromatic heterocycles. The molecule has 0 amide bonds. The summed E-state index contributed by atoms with van der Waals surface area (Å²) in [5.41, 5.74) is 1.15. The Balaban J connectivity index is 2.34. The van der Waals surface area contributed by atoms with Crippen molar-refractivity contribution < 1.29 is 0 Å². The lowest BCUT2D eigenvalue weighted by atomic mass is 10.2. The van der Waals surface area contributed by atoms with Crippen LogP contribution in [0, 0.1) is 0 Å². The van der Waals surface area contributed by atoms with Crippen LogP contribution in [0.5, 0.6) is 0 Å². The Labute approximate surface area is 104 Å². The first kappa shape index (κ1) is 11.6. The Morgan fingerprint density at radius 1 is 1.56 bits per heavy atom. The van der Waals surface area contributed by atoms with Gasteiger partial charge < -0.3 is 9.88 Å². The third-order valence-corrected chi connectivity index (χ3v) is 3.73. The summed E-state index contributed by atoms with van der Waals surface area (Å²) in [5.74, 6) is 0.